The summed E-state index contributed by atoms with van der Waals surface area (Å²) >= 11 is 0. The molecule has 3 rings (SSSR count). The van der Waals surface area contributed by atoms with E-state index in [1.54, 1.807) is 10.9 Å². The second-order valence-electron chi connectivity index (χ2n) is 6.21. The van der Waals surface area contributed by atoms with Crippen LogP contribution in [0.15, 0.2) is 66.9 Å². The van der Waals surface area contributed by atoms with Crippen molar-refractivity contribution < 1.29 is 9.90 Å². The van der Waals surface area contributed by atoms with E-state index >= 15 is 0 Å². The second-order valence-corrected chi connectivity index (χ2v) is 6.21. The van der Waals surface area contributed by atoms with E-state index < -0.39 is 0 Å². The number of para-hydroxylation sites is 1. The van der Waals surface area contributed by atoms with Crippen molar-refractivity contribution in [1.29, 1.82) is 0 Å². The Hall–Kier alpha value is -2.92. The van der Waals surface area contributed by atoms with Gasteiger partial charge in [-0.1, -0.05) is 48.5 Å². The molecule has 0 aliphatic heterocycles. The number of aliphatic hydroxyl groups excluding tert-OH is 1. The molecule has 0 saturated heterocycles. The quantitative estimate of drug-likeness (QED) is 0.687. The van der Waals surface area contributed by atoms with Crippen molar-refractivity contribution in [3.63, 3.8) is 0 Å². The highest BCUT2D eigenvalue weighted by atomic mass is 16.3. The van der Waals surface area contributed by atoms with Crippen LogP contribution in [-0.4, -0.2) is 27.4 Å². The lowest BCUT2D eigenvalue weighted by Gasteiger charge is -2.18. The number of hydrogen-bond donors (Lipinski definition) is 2. The van der Waals surface area contributed by atoms with E-state index in [9.17, 15) is 4.79 Å². The van der Waals surface area contributed by atoms with Crippen LogP contribution < -0.4 is 5.32 Å². The third kappa shape index (κ3) is 4.18. The molecule has 0 radical (unpaired) electrons. The summed E-state index contributed by atoms with van der Waals surface area (Å²) in [6.45, 7) is 1.93. The Bertz CT molecular complexity index is 844. The third-order valence-corrected chi connectivity index (χ3v) is 4.32. The predicted molar refractivity (Wildman–Crippen MR) is 101 cm³/mol. The fourth-order valence-electron chi connectivity index (χ4n) is 2.93. The molecule has 1 heterocycles. The van der Waals surface area contributed by atoms with Crippen LogP contribution >= 0.6 is 0 Å². The fourth-order valence-corrected chi connectivity index (χ4v) is 2.93. The van der Waals surface area contributed by atoms with E-state index in [0.717, 1.165) is 11.3 Å². The summed E-state index contributed by atoms with van der Waals surface area (Å²) < 4.78 is 1.72. The smallest absolute Gasteiger partial charge is 0.255 e. The van der Waals surface area contributed by atoms with Gasteiger partial charge in [-0.2, -0.15) is 5.10 Å². The van der Waals surface area contributed by atoms with Gasteiger partial charge in [-0.05, 0) is 37.5 Å². The van der Waals surface area contributed by atoms with Crippen molar-refractivity contribution in [3.05, 3.63) is 83.7 Å². The fraction of sp³-hybridized carbons (Fsp3) is 0.238. The van der Waals surface area contributed by atoms with Crippen LogP contribution in [0.5, 0.6) is 0 Å². The number of aliphatic hydroxyl groups is 1. The first kappa shape index (κ1) is 17.9. The molecule has 2 N–H and O–H groups in total. The lowest BCUT2D eigenvalue weighted by molar-refractivity contribution is 0.0931. The zero-order chi connectivity index (χ0) is 18.4. The SMILES string of the molecule is Cc1nn(-c2ccccc2)cc1C(=O)NC(CCCO)c1ccccc1. The molecule has 0 aliphatic rings. The van der Waals surface area contributed by atoms with Crippen molar-refractivity contribution in [2.24, 2.45) is 0 Å². The van der Waals surface area contributed by atoms with Gasteiger partial charge in [-0.15, -0.1) is 0 Å². The summed E-state index contributed by atoms with van der Waals surface area (Å²) in [5, 5.41) is 16.7. The van der Waals surface area contributed by atoms with Crippen LogP contribution in [0.2, 0.25) is 0 Å². The van der Waals surface area contributed by atoms with Crippen molar-refractivity contribution in [3.8, 4) is 5.69 Å². The van der Waals surface area contributed by atoms with E-state index in [2.05, 4.69) is 10.4 Å². The Morgan fingerprint density at radius 2 is 1.77 bits per heavy atom. The Kier molecular flexibility index (Phi) is 5.81. The summed E-state index contributed by atoms with van der Waals surface area (Å²) in [4.78, 5) is 12.8. The predicted octanol–water partition coefficient (Wildman–Crippen LogP) is 3.42. The molecule has 0 saturated carbocycles. The summed E-state index contributed by atoms with van der Waals surface area (Å²) in [5.74, 6) is -0.156. The van der Waals surface area contributed by atoms with Crippen molar-refractivity contribution in [2.75, 3.05) is 6.61 Å². The molecule has 134 valence electrons. The van der Waals surface area contributed by atoms with Crippen molar-refractivity contribution in [1.82, 2.24) is 15.1 Å². The minimum absolute atomic E-state index is 0.101. The molecule has 0 bridgehead atoms. The molecule has 3 aromatic rings. The van der Waals surface area contributed by atoms with Crippen molar-refractivity contribution >= 4 is 5.91 Å². The Morgan fingerprint density at radius 1 is 1.12 bits per heavy atom. The second kappa shape index (κ2) is 8.45. The number of carbonyl (C=O) groups excluding carboxylic acids is 1. The standard InChI is InChI=1S/C21H23N3O2/c1-16-19(15-24(23-16)18-11-6-3-7-12-18)21(26)22-20(13-8-14-25)17-9-4-2-5-10-17/h2-7,9-12,15,20,25H,8,13-14H2,1H3,(H,22,26). The molecule has 5 nitrogen and oxygen atoms in total. The highest BCUT2D eigenvalue weighted by Crippen LogP contribution is 2.20. The minimum atomic E-state index is -0.156. The van der Waals surface area contributed by atoms with Gasteiger partial charge in [-0.25, -0.2) is 4.68 Å². The summed E-state index contributed by atoms with van der Waals surface area (Å²) in [7, 11) is 0. The van der Waals surface area contributed by atoms with Crippen LogP contribution in [0.25, 0.3) is 5.69 Å². The van der Waals surface area contributed by atoms with Gasteiger partial charge in [0.05, 0.1) is 23.0 Å². The molecule has 5 heteroatoms. The first-order chi connectivity index (χ1) is 12.7. The Labute approximate surface area is 153 Å². The average Bonchev–Trinajstić information content (AvgIpc) is 3.08. The molecule has 1 unspecified atom stereocenters. The maximum Gasteiger partial charge on any atom is 0.255 e. The van der Waals surface area contributed by atoms with Gasteiger partial charge >= 0.3 is 0 Å². The number of aromatic nitrogens is 2. The topological polar surface area (TPSA) is 67.2 Å². The number of aryl methyl sites for hydroxylation is 1. The van der Waals surface area contributed by atoms with Crippen LogP contribution in [0.3, 0.4) is 0 Å². The highest BCUT2D eigenvalue weighted by molar-refractivity contribution is 5.95. The van der Waals surface area contributed by atoms with Gasteiger partial charge in [0.15, 0.2) is 0 Å². The van der Waals surface area contributed by atoms with E-state index in [4.69, 9.17) is 5.11 Å². The third-order valence-electron chi connectivity index (χ3n) is 4.32. The average molecular weight is 349 g/mol. The Morgan fingerprint density at radius 3 is 2.42 bits per heavy atom. The number of nitrogens with zero attached hydrogens (tertiary/aromatic N) is 2. The van der Waals surface area contributed by atoms with Gasteiger partial charge in [0.2, 0.25) is 0 Å². The molecular weight excluding hydrogens is 326 g/mol. The van der Waals surface area contributed by atoms with Gasteiger partial charge in [0.1, 0.15) is 0 Å². The zero-order valence-corrected chi connectivity index (χ0v) is 14.8. The molecule has 26 heavy (non-hydrogen) atoms. The maximum atomic E-state index is 12.8. The minimum Gasteiger partial charge on any atom is -0.396 e. The monoisotopic (exact) mass is 349 g/mol. The summed E-state index contributed by atoms with van der Waals surface area (Å²) in [5.41, 5.74) is 3.18. The van der Waals surface area contributed by atoms with E-state index in [0.29, 0.717) is 24.1 Å². The summed E-state index contributed by atoms with van der Waals surface area (Å²) in [6.07, 6.45) is 3.06. The van der Waals surface area contributed by atoms with Crippen LogP contribution in [0, 0.1) is 6.92 Å². The lowest BCUT2D eigenvalue weighted by Crippen LogP contribution is -2.29. The number of rotatable bonds is 7. The first-order valence-electron chi connectivity index (χ1n) is 8.77. The molecule has 0 spiro atoms. The van der Waals surface area contributed by atoms with Crippen LogP contribution in [-0.2, 0) is 0 Å². The first-order valence-corrected chi connectivity index (χ1v) is 8.77. The molecule has 0 fully saturated rings. The molecule has 0 aliphatic carbocycles. The lowest BCUT2D eigenvalue weighted by atomic mass is 10.0. The van der Waals surface area contributed by atoms with Crippen LogP contribution in [0.1, 0.15) is 40.5 Å². The molecular formula is C21H23N3O2. The Balaban J connectivity index is 1.80. The maximum absolute atomic E-state index is 12.8. The van der Waals surface area contributed by atoms with Gasteiger partial charge < -0.3 is 10.4 Å². The molecule has 1 atom stereocenters. The zero-order valence-electron chi connectivity index (χ0n) is 14.8. The molecule has 2 aromatic carbocycles. The number of carbonyl (C=O) groups is 1. The number of amides is 1. The number of hydrogen-bond acceptors (Lipinski definition) is 3. The van der Waals surface area contributed by atoms with Crippen molar-refractivity contribution in [2.45, 2.75) is 25.8 Å². The molecule has 1 aromatic heterocycles. The van der Waals surface area contributed by atoms with E-state index in [-0.39, 0.29) is 18.6 Å². The van der Waals surface area contributed by atoms with Crippen LogP contribution in [0.4, 0.5) is 0 Å². The normalized spacial score (nSPS) is 11.9. The van der Waals surface area contributed by atoms with Gasteiger partial charge in [-0.3, -0.25) is 4.79 Å². The van der Waals surface area contributed by atoms with Gasteiger partial charge in [0.25, 0.3) is 5.91 Å². The molecule has 1 amide bonds. The number of benzene rings is 2. The number of nitrogens with one attached hydrogen (secondary N) is 1. The highest BCUT2D eigenvalue weighted by Gasteiger charge is 2.19. The summed E-state index contributed by atoms with van der Waals surface area (Å²) in [6, 6.07) is 19.4. The van der Waals surface area contributed by atoms with E-state index in [1.807, 2.05) is 67.6 Å². The van der Waals surface area contributed by atoms with Gasteiger partial charge in [0, 0.05) is 12.8 Å². The van der Waals surface area contributed by atoms with E-state index in [1.165, 1.54) is 0 Å². The largest absolute Gasteiger partial charge is 0.396 e.